The fourth-order valence-electron chi connectivity index (χ4n) is 1.76. The number of carbonyl (C=O) groups excluding carboxylic acids is 1. The van der Waals surface area contributed by atoms with Crippen LogP contribution in [0.15, 0.2) is 23.4 Å². The Bertz CT molecular complexity index is 506. The monoisotopic (exact) mass is 299 g/mol. The number of nitrogens with two attached hydrogens (primary N) is 1. The Morgan fingerprint density at radius 1 is 1.60 bits per heavy atom. The van der Waals surface area contributed by atoms with Gasteiger partial charge in [-0.25, -0.2) is 0 Å². The molecule has 0 aliphatic carbocycles. The van der Waals surface area contributed by atoms with E-state index in [0.29, 0.717) is 29.3 Å². The minimum absolute atomic E-state index is 0.0893. The lowest BCUT2D eigenvalue weighted by atomic mass is 10.1. The van der Waals surface area contributed by atoms with Crippen LogP contribution in [-0.4, -0.2) is 30.7 Å². The molecular weight excluding hydrogens is 282 g/mol. The van der Waals surface area contributed by atoms with Gasteiger partial charge in [-0.05, 0) is 24.1 Å². The molecule has 0 aliphatic rings. The SMILES string of the molecule is COCC(C)CC(=O)Nc1cc(Cl)ccc1/C(N)=N/O. The maximum atomic E-state index is 11.9. The molecule has 0 saturated carbocycles. The number of nitrogens with one attached hydrogen (secondary N) is 1. The van der Waals surface area contributed by atoms with Gasteiger partial charge in [0.25, 0.3) is 0 Å². The molecule has 1 aromatic carbocycles. The van der Waals surface area contributed by atoms with Crippen LogP contribution in [0.25, 0.3) is 0 Å². The van der Waals surface area contributed by atoms with E-state index in [1.165, 1.54) is 0 Å². The third kappa shape index (κ3) is 4.71. The van der Waals surface area contributed by atoms with Crippen molar-refractivity contribution in [2.24, 2.45) is 16.8 Å². The van der Waals surface area contributed by atoms with Crippen LogP contribution in [0, 0.1) is 5.92 Å². The van der Waals surface area contributed by atoms with Crippen LogP contribution >= 0.6 is 11.6 Å². The van der Waals surface area contributed by atoms with Gasteiger partial charge in [-0.1, -0.05) is 23.7 Å². The van der Waals surface area contributed by atoms with E-state index >= 15 is 0 Å². The van der Waals surface area contributed by atoms with E-state index in [1.807, 2.05) is 6.92 Å². The number of carbonyl (C=O) groups is 1. The van der Waals surface area contributed by atoms with Crippen molar-refractivity contribution in [1.29, 1.82) is 0 Å². The number of benzene rings is 1. The first kappa shape index (κ1) is 16.3. The number of amides is 1. The predicted molar refractivity (Wildman–Crippen MR) is 78.2 cm³/mol. The van der Waals surface area contributed by atoms with E-state index in [4.69, 9.17) is 27.3 Å². The van der Waals surface area contributed by atoms with E-state index < -0.39 is 0 Å². The zero-order valence-electron chi connectivity index (χ0n) is 11.4. The molecule has 0 bridgehead atoms. The van der Waals surface area contributed by atoms with Crippen LogP contribution in [0.2, 0.25) is 5.02 Å². The lowest BCUT2D eigenvalue weighted by Crippen LogP contribution is -2.21. The Labute approximate surface area is 122 Å². The highest BCUT2D eigenvalue weighted by atomic mass is 35.5. The lowest BCUT2D eigenvalue weighted by molar-refractivity contribution is -0.117. The van der Waals surface area contributed by atoms with E-state index in [1.54, 1.807) is 25.3 Å². The zero-order valence-corrected chi connectivity index (χ0v) is 12.1. The third-order valence-electron chi connectivity index (χ3n) is 2.62. The van der Waals surface area contributed by atoms with Gasteiger partial charge in [0.15, 0.2) is 5.84 Å². The van der Waals surface area contributed by atoms with Crippen molar-refractivity contribution in [2.75, 3.05) is 19.0 Å². The number of anilines is 1. The molecule has 1 aromatic rings. The van der Waals surface area contributed by atoms with Crippen LogP contribution in [0.3, 0.4) is 0 Å². The highest BCUT2D eigenvalue weighted by Gasteiger charge is 2.13. The third-order valence-corrected chi connectivity index (χ3v) is 2.86. The first-order valence-electron chi connectivity index (χ1n) is 6.04. The maximum absolute atomic E-state index is 11.9. The zero-order chi connectivity index (χ0) is 15.1. The first-order chi connectivity index (χ1) is 9.47. The maximum Gasteiger partial charge on any atom is 0.224 e. The summed E-state index contributed by atoms with van der Waals surface area (Å²) in [6, 6.07) is 4.72. The van der Waals surface area contributed by atoms with Gasteiger partial charge in [-0.15, -0.1) is 0 Å². The summed E-state index contributed by atoms with van der Waals surface area (Å²) in [5, 5.41) is 14.8. The molecule has 1 rings (SSSR count). The molecular formula is C13H18ClN3O3. The fraction of sp³-hybridized carbons (Fsp3) is 0.385. The van der Waals surface area contributed by atoms with Crippen LogP contribution in [0.4, 0.5) is 5.69 Å². The van der Waals surface area contributed by atoms with Crippen molar-refractivity contribution in [3.8, 4) is 0 Å². The molecule has 0 aliphatic heterocycles. The predicted octanol–water partition coefficient (Wildman–Crippen LogP) is 2.05. The van der Waals surface area contributed by atoms with Gasteiger partial charge < -0.3 is 21.0 Å². The van der Waals surface area contributed by atoms with Gasteiger partial charge in [0.1, 0.15) is 0 Å². The molecule has 1 amide bonds. The molecule has 7 heteroatoms. The van der Waals surface area contributed by atoms with Gasteiger partial charge in [-0.2, -0.15) is 0 Å². The van der Waals surface area contributed by atoms with Crippen molar-refractivity contribution in [2.45, 2.75) is 13.3 Å². The molecule has 0 heterocycles. The molecule has 110 valence electrons. The van der Waals surface area contributed by atoms with E-state index in [-0.39, 0.29) is 17.7 Å². The number of nitrogens with zero attached hydrogens (tertiary/aromatic N) is 1. The molecule has 1 unspecified atom stereocenters. The van der Waals surface area contributed by atoms with Crippen LogP contribution in [0.5, 0.6) is 0 Å². The van der Waals surface area contributed by atoms with Crippen LogP contribution in [0.1, 0.15) is 18.9 Å². The number of halogens is 1. The van der Waals surface area contributed by atoms with Gasteiger partial charge in [0.05, 0.1) is 5.69 Å². The van der Waals surface area contributed by atoms with Gasteiger partial charge in [0.2, 0.25) is 5.91 Å². The number of hydrogen-bond acceptors (Lipinski definition) is 4. The van der Waals surface area contributed by atoms with E-state index in [2.05, 4.69) is 10.5 Å². The standard InChI is InChI=1S/C13H18ClN3O3/c1-8(7-20-2)5-12(18)16-11-6-9(14)3-4-10(11)13(15)17-19/h3-4,6,8,19H,5,7H2,1-2H3,(H2,15,17)(H,16,18). The Balaban J connectivity index is 2.85. The number of ether oxygens (including phenoxy) is 1. The van der Waals surface area contributed by atoms with Crippen molar-refractivity contribution in [1.82, 2.24) is 0 Å². The fourth-order valence-corrected chi connectivity index (χ4v) is 1.93. The highest BCUT2D eigenvalue weighted by Crippen LogP contribution is 2.21. The summed E-state index contributed by atoms with van der Waals surface area (Å²) in [4.78, 5) is 11.9. The summed E-state index contributed by atoms with van der Waals surface area (Å²) in [7, 11) is 1.59. The first-order valence-corrected chi connectivity index (χ1v) is 6.42. The summed E-state index contributed by atoms with van der Waals surface area (Å²) in [5.41, 5.74) is 6.37. The molecule has 0 radical (unpaired) electrons. The van der Waals surface area contributed by atoms with Crippen molar-refractivity contribution in [3.05, 3.63) is 28.8 Å². The molecule has 0 aromatic heterocycles. The number of rotatable bonds is 6. The molecule has 20 heavy (non-hydrogen) atoms. The Morgan fingerprint density at radius 2 is 2.30 bits per heavy atom. The Kier molecular flexibility index (Phi) is 6.27. The van der Waals surface area contributed by atoms with E-state index in [0.717, 1.165) is 0 Å². The summed E-state index contributed by atoms with van der Waals surface area (Å²) in [5.74, 6) is -0.197. The number of amidine groups is 1. The van der Waals surface area contributed by atoms with E-state index in [9.17, 15) is 4.79 Å². The topological polar surface area (TPSA) is 96.9 Å². The second-order valence-corrected chi connectivity index (χ2v) is 4.92. The lowest BCUT2D eigenvalue weighted by Gasteiger charge is -2.13. The summed E-state index contributed by atoms with van der Waals surface area (Å²) >= 11 is 5.89. The molecule has 0 fully saturated rings. The molecule has 4 N–H and O–H groups in total. The van der Waals surface area contributed by atoms with Crippen LogP contribution < -0.4 is 11.1 Å². The number of methoxy groups -OCH3 is 1. The van der Waals surface area contributed by atoms with Gasteiger partial charge in [-0.3, -0.25) is 4.79 Å². The van der Waals surface area contributed by atoms with Gasteiger partial charge >= 0.3 is 0 Å². The van der Waals surface area contributed by atoms with Gasteiger partial charge in [0, 0.05) is 30.7 Å². The van der Waals surface area contributed by atoms with Crippen molar-refractivity contribution < 1.29 is 14.7 Å². The second kappa shape index (κ2) is 7.72. The summed E-state index contributed by atoms with van der Waals surface area (Å²) < 4.78 is 4.98. The smallest absolute Gasteiger partial charge is 0.224 e. The molecule has 0 spiro atoms. The average molecular weight is 300 g/mol. The molecule has 6 nitrogen and oxygen atoms in total. The van der Waals surface area contributed by atoms with Crippen molar-refractivity contribution in [3.63, 3.8) is 0 Å². The minimum atomic E-state index is -0.191. The Morgan fingerprint density at radius 3 is 2.90 bits per heavy atom. The number of oxime groups is 1. The van der Waals surface area contributed by atoms with Crippen molar-refractivity contribution >= 4 is 29.0 Å². The Hall–Kier alpha value is -1.79. The quantitative estimate of drug-likeness (QED) is 0.324. The summed E-state index contributed by atoms with van der Waals surface area (Å²) in [6.45, 7) is 2.40. The molecule has 1 atom stereocenters. The average Bonchev–Trinajstić information content (AvgIpc) is 2.38. The van der Waals surface area contributed by atoms with Crippen LogP contribution in [-0.2, 0) is 9.53 Å². The minimum Gasteiger partial charge on any atom is -0.409 e. The largest absolute Gasteiger partial charge is 0.409 e. The normalized spacial score (nSPS) is 13.1. The number of hydrogen-bond donors (Lipinski definition) is 3. The molecule has 0 saturated heterocycles. The summed E-state index contributed by atoms with van der Waals surface area (Å²) in [6.07, 6.45) is 0.302. The highest BCUT2D eigenvalue weighted by molar-refractivity contribution is 6.31. The second-order valence-electron chi connectivity index (χ2n) is 4.49.